The van der Waals surface area contributed by atoms with Crippen LogP contribution in [0.4, 0.5) is 0 Å². The minimum Gasteiger partial charge on any atom is -0.316 e. The van der Waals surface area contributed by atoms with E-state index < -0.39 is 9.84 Å². The van der Waals surface area contributed by atoms with Crippen LogP contribution >= 0.6 is 34.7 Å². The van der Waals surface area contributed by atoms with Crippen LogP contribution < -0.4 is 4.80 Å². The van der Waals surface area contributed by atoms with Gasteiger partial charge in [-0.05, 0) is 48.9 Å². The average molecular weight is 455 g/mol. The predicted octanol–water partition coefficient (Wildman–Crippen LogP) is 4.39. The Morgan fingerprint density at radius 3 is 2.57 bits per heavy atom. The number of aryl methyl sites for hydroxylation is 1. The summed E-state index contributed by atoms with van der Waals surface area (Å²) in [6.07, 6.45) is 2.06. The molecule has 1 aromatic heterocycles. The van der Waals surface area contributed by atoms with Gasteiger partial charge in [-0.1, -0.05) is 29.9 Å². The van der Waals surface area contributed by atoms with Gasteiger partial charge in [0.1, 0.15) is 0 Å². The standard InChI is InChI=1S/C19H19ClN2O3S3/c1-3-10-22-16-9-8-15(28(2,24)25)11-17(16)27-19(22)21-18(23)12-26-14-6-4-13(20)5-7-14/h4-9,11H,3,10,12H2,1-2H3. The molecule has 0 bridgehead atoms. The number of amides is 1. The SMILES string of the molecule is CCCn1c(=NC(=O)CSc2ccc(Cl)cc2)sc2cc(S(C)(=O)=O)ccc21. The van der Waals surface area contributed by atoms with Gasteiger partial charge in [-0.3, -0.25) is 4.79 Å². The van der Waals surface area contributed by atoms with E-state index in [1.807, 2.05) is 23.6 Å². The first-order valence-electron chi connectivity index (χ1n) is 8.57. The molecule has 0 spiro atoms. The van der Waals surface area contributed by atoms with Crippen molar-refractivity contribution in [3.8, 4) is 0 Å². The van der Waals surface area contributed by atoms with Gasteiger partial charge in [-0.25, -0.2) is 8.42 Å². The molecule has 0 aliphatic rings. The summed E-state index contributed by atoms with van der Waals surface area (Å²) in [5, 5.41) is 0.653. The fourth-order valence-corrected chi connectivity index (χ4v) is 5.27. The molecule has 2 aromatic carbocycles. The van der Waals surface area contributed by atoms with E-state index in [2.05, 4.69) is 4.99 Å². The van der Waals surface area contributed by atoms with Gasteiger partial charge >= 0.3 is 0 Å². The van der Waals surface area contributed by atoms with Crippen molar-refractivity contribution in [3.63, 3.8) is 0 Å². The lowest BCUT2D eigenvalue weighted by molar-refractivity contribution is -0.115. The van der Waals surface area contributed by atoms with Crippen molar-refractivity contribution in [3.05, 3.63) is 52.3 Å². The minimum atomic E-state index is -3.29. The zero-order chi connectivity index (χ0) is 20.3. The molecule has 28 heavy (non-hydrogen) atoms. The lowest BCUT2D eigenvalue weighted by Gasteiger charge is -2.03. The number of carbonyl (C=O) groups excluding carboxylic acids is 1. The second kappa shape index (κ2) is 8.82. The molecule has 3 rings (SSSR count). The van der Waals surface area contributed by atoms with E-state index in [9.17, 15) is 13.2 Å². The molecular formula is C19H19ClN2O3S3. The van der Waals surface area contributed by atoms with Crippen molar-refractivity contribution < 1.29 is 13.2 Å². The third kappa shape index (κ3) is 5.05. The molecule has 0 aliphatic carbocycles. The Kier molecular flexibility index (Phi) is 6.65. The van der Waals surface area contributed by atoms with Crippen molar-refractivity contribution >= 4 is 60.7 Å². The van der Waals surface area contributed by atoms with Crippen molar-refractivity contribution in [1.82, 2.24) is 4.57 Å². The highest BCUT2D eigenvalue weighted by Crippen LogP contribution is 2.23. The van der Waals surface area contributed by atoms with E-state index in [0.29, 0.717) is 16.4 Å². The normalized spacial score (nSPS) is 12.6. The maximum absolute atomic E-state index is 12.4. The number of rotatable bonds is 6. The number of nitrogens with zero attached hydrogens (tertiary/aromatic N) is 2. The van der Waals surface area contributed by atoms with E-state index >= 15 is 0 Å². The molecule has 0 unspecified atom stereocenters. The Morgan fingerprint density at radius 1 is 1.21 bits per heavy atom. The largest absolute Gasteiger partial charge is 0.316 e. The Morgan fingerprint density at radius 2 is 1.93 bits per heavy atom. The van der Waals surface area contributed by atoms with Gasteiger partial charge in [-0.2, -0.15) is 4.99 Å². The van der Waals surface area contributed by atoms with E-state index in [1.165, 1.54) is 29.4 Å². The van der Waals surface area contributed by atoms with Crippen LogP contribution in [0.5, 0.6) is 0 Å². The molecule has 0 saturated heterocycles. The van der Waals surface area contributed by atoms with Gasteiger partial charge in [-0.15, -0.1) is 11.8 Å². The summed E-state index contributed by atoms with van der Waals surface area (Å²) in [5.41, 5.74) is 0.885. The Hall–Kier alpha value is -1.61. The molecule has 1 heterocycles. The van der Waals surface area contributed by atoms with Crippen LogP contribution in [0.25, 0.3) is 10.2 Å². The number of thiazole rings is 1. The maximum Gasteiger partial charge on any atom is 0.258 e. The molecule has 0 saturated carbocycles. The summed E-state index contributed by atoms with van der Waals surface area (Å²) in [5.74, 6) is -0.0176. The highest BCUT2D eigenvalue weighted by Gasteiger charge is 2.12. The molecule has 1 amide bonds. The topological polar surface area (TPSA) is 68.5 Å². The maximum atomic E-state index is 12.4. The summed E-state index contributed by atoms with van der Waals surface area (Å²) in [6, 6.07) is 12.3. The number of halogens is 1. The number of sulfone groups is 1. The van der Waals surface area contributed by atoms with Crippen molar-refractivity contribution in [2.24, 2.45) is 4.99 Å². The first-order valence-corrected chi connectivity index (χ1v) is 12.6. The number of fused-ring (bicyclic) bond motifs is 1. The first kappa shape index (κ1) is 21.1. The minimum absolute atomic E-state index is 0.219. The lowest BCUT2D eigenvalue weighted by Crippen LogP contribution is -2.17. The monoisotopic (exact) mass is 454 g/mol. The van der Waals surface area contributed by atoms with Gasteiger partial charge in [0, 0.05) is 22.7 Å². The smallest absolute Gasteiger partial charge is 0.258 e. The van der Waals surface area contributed by atoms with Gasteiger partial charge in [0.15, 0.2) is 14.6 Å². The zero-order valence-electron chi connectivity index (χ0n) is 15.4. The van der Waals surface area contributed by atoms with Crippen LogP contribution in [0, 0.1) is 0 Å². The molecule has 0 radical (unpaired) electrons. The third-order valence-electron chi connectivity index (χ3n) is 3.93. The Bertz CT molecular complexity index is 1180. The number of thioether (sulfide) groups is 1. The molecule has 9 heteroatoms. The van der Waals surface area contributed by atoms with Gasteiger partial charge in [0.05, 0.1) is 20.9 Å². The van der Waals surface area contributed by atoms with Gasteiger partial charge in [0.2, 0.25) is 0 Å². The third-order valence-corrected chi connectivity index (χ3v) is 7.33. The lowest BCUT2D eigenvalue weighted by atomic mass is 10.3. The number of benzene rings is 2. The number of hydrogen-bond acceptors (Lipinski definition) is 5. The molecule has 3 aromatic rings. The van der Waals surface area contributed by atoms with Crippen LogP contribution in [0.2, 0.25) is 5.02 Å². The molecule has 148 valence electrons. The van der Waals surface area contributed by atoms with Crippen molar-refractivity contribution in [2.45, 2.75) is 29.7 Å². The fraction of sp³-hybridized carbons (Fsp3) is 0.263. The van der Waals surface area contributed by atoms with Crippen LogP contribution in [0.15, 0.2) is 57.2 Å². The summed E-state index contributed by atoms with van der Waals surface area (Å²) in [6.45, 7) is 2.75. The molecule has 0 N–H and O–H groups in total. The second-order valence-electron chi connectivity index (χ2n) is 6.19. The summed E-state index contributed by atoms with van der Waals surface area (Å²) in [4.78, 5) is 18.5. The number of carbonyl (C=O) groups is 1. The van der Waals surface area contributed by atoms with Crippen LogP contribution in [-0.4, -0.2) is 30.9 Å². The second-order valence-corrected chi connectivity index (χ2v) is 10.7. The molecular weight excluding hydrogens is 436 g/mol. The van der Waals surface area contributed by atoms with Crippen molar-refractivity contribution in [2.75, 3.05) is 12.0 Å². The fourth-order valence-electron chi connectivity index (χ4n) is 2.62. The van der Waals surface area contributed by atoms with E-state index in [-0.39, 0.29) is 16.6 Å². The van der Waals surface area contributed by atoms with Gasteiger partial charge in [0.25, 0.3) is 5.91 Å². The zero-order valence-corrected chi connectivity index (χ0v) is 18.6. The van der Waals surface area contributed by atoms with Crippen molar-refractivity contribution in [1.29, 1.82) is 0 Å². The number of aromatic nitrogens is 1. The van der Waals surface area contributed by atoms with Crippen LogP contribution in [-0.2, 0) is 21.2 Å². The predicted molar refractivity (Wildman–Crippen MR) is 116 cm³/mol. The Labute approximate surface area is 177 Å². The molecule has 0 fully saturated rings. The molecule has 5 nitrogen and oxygen atoms in total. The quantitative estimate of drug-likeness (QED) is 0.518. The first-order chi connectivity index (χ1) is 13.3. The van der Waals surface area contributed by atoms with Gasteiger partial charge < -0.3 is 4.57 Å². The van der Waals surface area contributed by atoms with Crippen LogP contribution in [0.3, 0.4) is 0 Å². The summed E-state index contributed by atoms with van der Waals surface area (Å²) >= 11 is 8.61. The van der Waals surface area contributed by atoms with E-state index in [1.54, 1.807) is 30.3 Å². The molecule has 0 atom stereocenters. The highest BCUT2D eigenvalue weighted by molar-refractivity contribution is 8.00. The number of hydrogen-bond donors (Lipinski definition) is 0. The average Bonchev–Trinajstić information content (AvgIpc) is 2.97. The Balaban J connectivity index is 1.92. The van der Waals surface area contributed by atoms with E-state index in [4.69, 9.17) is 11.6 Å². The van der Waals surface area contributed by atoms with E-state index in [0.717, 1.165) is 21.5 Å². The summed E-state index contributed by atoms with van der Waals surface area (Å²) < 4.78 is 26.4. The molecule has 0 aliphatic heterocycles. The van der Waals surface area contributed by atoms with Crippen LogP contribution in [0.1, 0.15) is 13.3 Å². The highest BCUT2D eigenvalue weighted by atomic mass is 35.5. The summed E-state index contributed by atoms with van der Waals surface area (Å²) in [7, 11) is -3.29.